The molecule has 0 aliphatic rings. The van der Waals surface area contributed by atoms with Gasteiger partial charge in [-0.3, -0.25) is 4.79 Å². The number of rotatable bonds is 3. The molecule has 2 aromatic rings. The molecule has 2 rings (SSSR count). The lowest BCUT2D eigenvalue weighted by Gasteiger charge is -2.04. The summed E-state index contributed by atoms with van der Waals surface area (Å²) in [5, 5.41) is 0.982. The van der Waals surface area contributed by atoms with Gasteiger partial charge in [-0.2, -0.15) is 0 Å². The highest BCUT2D eigenvalue weighted by Crippen LogP contribution is 2.23. The van der Waals surface area contributed by atoms with Crippen LogP contribution in [0.3, 0.4) is 0 Å². The number of nitrogens with one attached hydrogen (secondary N) is 1. The molecule has 0 spiro atoms. The first-order valence-corrected chi connectivity index (χ1v) is 6.07. The molecule has 0 radical (unpaired) electrons. The molecule has 0 amide bonds. The molecule has 0 saturated carbocycles. The summed E-state index contributed by atoms with van der Waals surface area (Å²) < 4.78 is 0. The third-order valence-corrected chi connectivity index (χ3v) is 3.24. The molecular formula is C12H11Cl2N3O. The Morgan fingerprint density at radius 3 is 2.67 bits per heavy atom. The van der Waals surface area contributed by atoms with Crippen LogP contribution in [0.25, 0.3) is 0 Å². The lowest BCUT2D eigenvalue weighted by molar-refractivity contribution is 0.898. The number of nitrogens with two attached hydrogens (primary N) is 1. The summed E-state index contributed by atoms with van der Waals surface area (Å²) in [7, 11) is 0. The summed E-state index contributed by atoms with van der Waals surface area (Å²) in [4.78, 5) is 18.4. The van der Waals surface area contributed by atoms with E-state index in [0.717, 1.165) is 5.56 Å². The van der Waals surface area contributed by atoms with Crippen molar-refractivity contribution in [2.75, 3.05) is 0 Å². The van der Waals surface area contributed by atoms with Gasteiger partial charge in [-0.15, -0.1) is 0 Å². The lowest BCUT2D eigenvalue weighted by atomic mass is 10.1. The zero-order valence-electron chi connectivity index (χ0n) is 9.41. The van der Waals surface area contributed by atoms with Crippen LogP contribution in [0.5, 0.6) is 0 Å². The van der Waals surface area contributed by atoms with Gasteiger partial charge in [0.05, 0.1) is 10.0 Å². The Bertz CT molecular complexity index is 625. The van der Waals surface area contributed by atoms with E-state index in [0.29, 0.717) is 27.9 Å². The second-order valence-electron chi connectivity index (χ2n) is 3.81. The number of halogens is 2. The standard InChI is InChI=1S/C12H11Cl2N3O/c13-9-2-1-7(3-10(9)14)4-11-16-6-8(5-15)12(18)17-11/h1-3,6H,4-5,15H2,(H,16,17,18). The van der Waals surface area contributed by atoms with Crippen LogP contribution in [0.2, 0.25) is 10.0 Å². The van der Waals surface area contributed by atoms with Crippen molar-refractivity contribution in [3.05, 3.63) is 61.7 Å². The Labute approximate surface area is 114 Å². The Hall–Kier alpha value is -1.36. The molecular weight excluding hydrogens is 273 g/mol. The maximum Gasteiger partial charge on any atom is 0.255 e. The molecule has 6 heteroatoms. The Morgan fingerprint density at radius 2 is 2.06 bits per heavy atom. The van der Waals surface area contributed by atoms with Gasteiger partial charge >= 0.3 is 0 Å². The molecule has 0 aliphatic carbocycles. The summed E-state index contributed by atoms with van der Waals surface area (Å²) >= 11 is 11.7. The average Bonchev–Trinajstić information content (AvgIpc) is 2.34. The van der Waals surface area contributed by atoms with Gasteiger partial charge in [0, 0.05) is 24.7 Å². The summed E-state index contributed by atoms with van der Waals surface area (Å²) in [6, 6.07) is 5.30. The number of nitrogens with zero attached hydrogens (tertiary/aromatic N) is 1. The molecule has 0 unspecified atom stereocenters. The number of aromatic amines is 1. The van der Waals surface area contributed by atoms with Crippen molar-refractivity contribution in [3.8, 4) is 0 Å². The van der Waals surface area contributed by atoms with Crippen molar-refractivity contribution in [2.24, 2.45) is 5.73 Å². The van der Waals surface area contributed by atoms with Gasteiger partial charge < -0.3 is 10.7 Å². The molecule has 0 fully saturated rings. The maximum atomic E-state index is 11.6. The minimum Gasteiger partial charge on any atom is -0.326 e. The van der Waals surface area contributed by atoms with E-state index >= 15 is 0 Å². The van der Waals surface area contributed by atoms with Crippen LogP contribution < -0.4 is 11.3 Å². The summed E-state index contributed by atoms with van der Waals surface area (Å²) in [5.41, 5.74) is 6.58. The molecule has 0 aliphatic heterocycles. The van der Waals surface area contributed by atoms with Gasteiger partial charge in [-0.05, 0) is 17.7 Å². The summed E-state index contributed by atoms with van der Waals surface area (Å²) in [5.74, 6) is 0.565. The second kappa shape index (κ2) is 5.52. The van der Waals surface area contributed by atoms with Gasteiger partial charge in [0.1, 0.15) is 5.82 Å². The highest BCUT2D eigenvalue weighted by molar-refractivity contribution is 6.42. The van der Waals surface area contributed by atoms with Crippen LogP contribution in [0, 0.1) is 0 Å². The first kappa shape index (κ1) is 13.1. The molecule has 0 atom stereocenters. The SMILES string of the molecule is NCc1cnc(Cc2ccc(Cl)c(Cl)c2)[nH]c1=O. The van der Waals surface area contributed by atoms with Gasteiger partial charge in [0.25, 0.3) is 5.56 Å². The number of hydrogen-bond acceptors (Lipinski definition) is 3. The van der Waals surface area contributed by atoms with Crippen molar-refractivity contribution in [3.63, 3.8) is 0 Å². The van der Waals surface area contributed by atoms with Crippen LogP contribution >= 0.6 is 23.2 Å². The number of benzene rings is 1. The van der Waals surface area contributed by atoms with Crippen molar-refractivity contribution >= 4 is 23.2 Å². The zero-order chi connectivity index (χ0) is 13.1. The summed E-state index contributed by atoms with van der Waals surface area (Å²) in [6.45, 7) is 0.176. The Balaban J connectivity index is 2.26. The largest absolute Gasteiger partial charge is 0.326 e. The van der Waals surface area contributed by atoms with Gasteiger partial charge in [-0.25, -0.2) is 4.98 Å². The van der Waals surface area contributed by atoms with Crippen LogP contribution in [0.15, 0.2) is 29.2 Å². The normalized spacial score (nSPS) is 10.6. The fourth-order valence-electron chi connectivity index (χ4n) is 1.54. The average molecular weight is 284 g/mol. The van der Waals surface area contributed by atoms with E-state index in [2.05, 4.69) is 9.97 Å². The zero-order valence-corrected chi connectivity index (χ0v) is 10.9. The van der Waals surface area contributed by atoms with E-state index in [1.165, 1.54) is 6.20 Å². The van der Waals surface area contributed by atoms with Crippen molar-refractivity contribution in [2.45, 2.75) is 13.0 Å². The molecule has 4 nitrogen and oxygen atoms in total. The van der Waals surface area contributed by atoms with Gasteiger partial charge in [0.2, 0.25) is 0 Å². The molecule has 1 aromatic carbocycles. The smallest absolute Gasteiger partial charge is 0.255 e. The quantitative estimate of drug-likeness (QED) is 0.906. The van der Waals surface area contributed by atoms with E-state index in [-0.39, 0.29) is 12.1 Å². The lowest BCUT2D eigenvalue weighted by Crippen LogP contribution is -2.18. The molecule has 0 saturated heterocycles. The van der Waals surface area contributed by atoms with Gasteiger partial charge in [0.15, 0.2) is 0 Å². The number of aromatic nitrogens is 2. The van der Waals surface area contributed by atoms with Crippen molar-refractivity contribution in [1.29, 1.82) is 0 Å². The van der Waals surface area contributed by atoms with Crippen LogP contribution in [-0.2, 0) is 13.0 Å². The number of H-pyrrole nitrogens is 1. The highest BCUT2D eigenvalue weighted by atomic mass is 35.5. The van der Waals surface area contributed by atoms with E-state index in [1.807, 2.05) is 6.07 Å². The predicted octanol–water partition coefficient (Wildman–Crippen LogP) is 2.13. The molecule has 3 N–H and O–H groups in total. The van der Waals surface area contributed by atoms with Crippen LogP contribution in [0.1, 0.15) is 17.0 Å². The van der Waals surface area contributed by atoms with E-state index < -0.39 is 0 Å². The van der Waals surface area contributed by atoms with E-state index in [9.17, 15) is 4.79 Å². The van der Waals surface area contributed by atoms with E-state index in [4.69, 9.17) is 28.9 Å². The van der Waals surface area contributed by atoms with Crippen molar-refractivity contribution in [1.82, 2.24) is 9.97 Å². The first-order chi connectivity index (χ1) is 8.60. The van der Waals surface area contributed by atoms with Crippen LogP contribution in [-0.4, -0.2) is 9.97 Å². The maximum absolute atomic E-state index is 11.6. The fraction of sp³-hybridized carbons (Fsp3) is 0.167. The first-order valence-electron chi connectivity index (χ1n) is 5.31. The molecule has 0 bridgehead atoms. The Kier molecular flexibility index (Phi) is 4.01. The summed E-state index contributed by atoms with van der Waals surface area (Å²) in [6.07, 6.45) is 1.97. The topological polar surface area (TPSA) is 71.8 Å². The minimum atomic E-state index is -0.206. The number of hydrogen-bond donors (Lipinski definition) is 2. The Morgan fingerprint density at radius 1 is 1.28 bits per heavy atom. The molecule has 18 heavy (non-hydrogen) atoms. The van der Waals surface area contributed by atoms with Crippen molar-refractivity contribution < 1.29 is 0 Å². The molecule has 94 valence electrons. The van der Waals surface area contributed by atoms with Crippen LogP contribution in [0.4, 0.5) is 0 Å². The third kappa shape index (κ3) is 2.90. The van der Waals surface area contributed by atoms with Gasteiger partial charge in [-0.1, -0.05) is 29.3 Å². The second-order valence-corrected chi connectivity index (χ2v) is 4.63. The predicted molar refractivity (Wildman–Crippen MR) is 72.0 cm³/mol. The fourth-order valence-corrected chi connectivity index (χ4v) is 1.86. The highest BCUT2D eigenvalue weighted by Gasteiger charge is 2.04. The molecule has 1 heterocycles. The molecule has 1 aromatic heterocycles. The minimum absolute atomic E-state index is 0.176. The third-order valence-electron chi connectivity index (χ3n) is 2.50. The monoisotopic (exact) mass is 283 g/mol. The van der Waals surface area contributed by atoms with E-state index in [1.54, 1.807) is 12.1 Å².